The van der Waals surface area contributed by atoms with Crippen LogP contribution < -0.4 is 19.1 Å². The Morgan fingerprint density at radius 1 is 0.927 bits per heavy atom. The van der Waals surface area contributed by atoms with Gasteiger partial charge in [-0.25, -0.2) is 8.42 Å². The van der Waals surface area contributed by atoms with Gasteiger partial charge in [-0.05, 0) is 57.0 Å². The lowest BCUT2D eigenvalue weighted by molar-refractivity contribution is -0.140. The molecule has 0 saturated heterocycles. The molecule has 0 unspecified atom stereocenters. The van der Waals surface area contributed by atoms with E-state index < -0.39 is 28.5 Å². The number of aryl methyl sites for hydroxylation is 1. The fourth-order valence-corrected chi connectivity index (χ4v) is 6.05. The van der Waals surface area contributed by atoms with E-state index in [0.29, 0.717) is 31.1 Å². The average Bonchev–Trinajstić information content (AvgIpc) is 2.96. The molecule has 41 heavy (non-hydrogen) atoms. The fourth-order valence-electron chi connectivity index (χ4n) is 4.63. The Morgan fingerprint density at radius 3 is 2.22 bits per heavy atom. The number of fused-ring (bicyclic) bond motifs is 1. The Morgan fingerprint density at radius 2 is 1.59 bits per heavy atom. The monoisotopic (exact) mass is 579 g/mol. The molecule has 3 aromatic rings. The van der Waals surface area contributed by atoms with Crippen molar-refractivity contribution in [1.29, 1.82) is 0 Å². The Balaban J connectivity index is 1.75. The molecule has 10 heteroatoms. The lowest BCUT2D eigenvalue weighted by atomic mass is 10.1. The topological polar surface area (TPSA) is 105 Å². The largest absolute Gasteiger partial charge is 0.486 e. The number of amides is 2. The first-order chi connectivity index (χ1) is 19.6. The number of carbonyl (C=O) groups is 2. The van der Waals surface area contributed by atoms with Crippen LogP contribution in [-0.4, -0.2) is 57.0 Å². The summed E-state index contributed by atoms with van der Waals surface area (Å²) < 4.78 is 40.3. The van der Waals surface area contributed by atoms with Crippen LogP contribution in [0.4, 0.5) is 5.69 Å². The minimum atomic E-state index is -4.17. The summed E-state index contributed by atoms with van der Waals surface area (Å²) in [6.07, 6.45) is 0.353. The molecular weight excluding hydrogens is 542 g/mol. The molecule has 0 fully saturated rings. The SMILES string of the molecule is CC[C@H](C(=O)NC(C)C)N(Cc1ccc(C)cc1)C(=O)CN(c1ccc2c(c1)OCCO2)S(=O)(=O)c1ccccc1. The van der Waals surface area contributed by atoms with Crippen molar-refractivity contribution in [2.24, 2.45) is 0 Å². The smallest absolute Gasteiger partial charge is 0.264 e. The Hall–Kier alpha value is -4.05. The second-order valence-electron chi connectivity index (χ2n) is 10.2. The van der Waals surface area contributed by atoms with Crippen LogP contribution in [-0.2, 0) is 26.2 Å². The maximum absolute atomic E-state index is 14.1. The summed E-state index contributed by atoms with van der Waals surface area (Å²) in [5.41, 5.74) is 2.15. The standard InChI is InChI=1S/C31H37N3O6S/c1-5-27(31(36)32-22(2)3)33(20-24-13-11-23(4)12-14-24)30(35)21-34(41(37,38)26-9-7-6-8-10-26)25-15-16-28-29(19-25)40-18-17-39-28/h6-16,19,22,27H,5,17-18,20-21H2,1-4H3,(H,32,36)/t27-/m1/s1. The van der Waals surface area contributed by atoms with E-state index in [4.69, 9.17) is 9.47 Å². The molecule has 9 nitrogen and oxygen atoms in total. The molecule has 3 aromatic carbocycles. The summed E-state index contributed by atoms with van der Waals surface area (Å²) in [4.78, 5) is 28.9. The second kappa shape index (κ2) is 13.1. The average molecular weight is 580 g/mol. The van der Waals surface area contributed by atoms with Crippen molar-refractivity contribution in [3.8, 4) is 11.5 Å². The van der Waals surface area contributed by atoms with Gasteiger partial charge in [0.15, 0.2) is 11.5 Å². The summed E-state index contributed by atoms with van der Waals surface area (Å²) in [5, 5.41) is 2.90. The van der Waals surface area contributed by atoms with Gasteiger partial charge in [0.2, 0.25) is 11.8 Å². The van der Waals surface area contributed by atoms with Crippen molar-refractivity contribution in [3.63, 3.8) is 0 Å². The predicted molar refractivity (Wildman–Crippen MR) is 157 cm³/mol. The zero-order chi connectivity index (χ0) is 29.6. The van der Waals surface area contributed by atoms with Crippen molar-refractivity contribution in [1.82, 2.24) is 10.2 Å². The molecule has 1 aliphatic rings. The molecule has 2 amide bonds. The number of benzene rings is 3. The van der Waals surface area contributed by atoms with Gasteiger partial charge >= 0.3 is 0 Å². The van der Waals surface area contributed by atoms with Crippen LogP contribution in [0, 0.1) is 6.92 Å². The minimum absolute atomic E-state index is 0.0392. The van der Waals surface area contributed by atoms with E-state index in [-0.39, 0.29) is 29.1 Å². The number of anilines is 1. The van der Waals surface area contributed by atoms with Gasteiger partial charge < -0.3 is 19.7 Å². The lowest BCUT2D eigenvalue weighted by Crippen LogP contribution is -2.53. The van der Waals surface area contributed by atoms with Gasteiger partial charge in [0.25, 0.3) is 10.0 Å². The predicted octanol–water partition coefficient (Wildman–Crippen LogP) is 4.29. The van der Waals surface area contributed by atoms with Gasteiger partial charge in [-0.2, -0.15) is 0 Å². The van der Waals surface area contributed by atoms with E-state index in [0.717, 1.165) is 15.4 Å². The number of nitrogens with one attached hydrogen (secondary N) is 1. The number of ether oxygens (including phenoxy) is 2. The maximum Gasteiger partial charge on any atom is 0.264 e. The first-order valence-corrected chi connectivity index (χ1v) is 15.2. The van der Waals surface area contributed by atoms with Crippen molar-refractivity contribution in [2.45, 2.75) is 57.6 Å². The number of hydrogen-bond acceptors (Lipinski definition) is 6. The molecule has 1 aliphatic heterocycles. The van der Waals surface area contributed by atoms with Gasteiger partial charge in [-0.15, -0.1) is 0 Å². The van der Waals surface area contributed by atoms with Gasteiger partial charge in [-0.3, -0.25) is 13.9 Å². The van der Waals surface area contributed by atoms with Crippen LogP contribution in [0.1, 0.15) is 38.3 Å². The third-order valence-electron chi connectivity index (χ3n) is 6.71. The highest BCUT2D eigenvalue weighted by molar-refractivity contribution is 7.92. The summed E-state index contributed by atoms with van der Waals surface area (Å²) in [6.45, 7) is 7.85. The third kappa shape index (κ3) is 7.18. The Labute approximate surface area is 242 Å². The first-order valence-electron chi connectivity index (χ1n) is 13.7. The summed E-state index contributed by atoms with van der Waals surface area (Å²) in [5.74, 6) is 0.0972. The van der Waals surface area contributed by atoms with E-state index in [9.17, 15) is 18.0 Å². The molecule has 0 aromatic heterocycles. The molecule has 0 spiro atoms. The highest BCUT2D eigenvalue weighted by Gasteiger charge is 2.34. The second-order valence-corrected chi connectivity index (χ2v) is 12.1. The molecule has 1 heterocycles. The molecule has 4 rings (SSSR count). The van der Waals surface area contributed by atoms with E-state index in [1.165, 1.54) is 17.0 Å². The lowest BCUT2D eigenvalue weighted by Gasteiger charge is -2.33. The van der Waals surface area contributed by atoms with Crippen molar-refractivity contribution < 1.29 is 27.5 Å². The van der Waals surface area contributed by atoms with Gasteiger partial charge in [0.1, 0.15) is 25.8 Å². The molecule has 218 valence electrons. The van der Waals surface area contributed by atoms with Gasteiger partial charge in [0.05, 0.1) is 10.6 Å². The van der Waals surface area contributed by atoms with Crippen molar-refractivity contribution in [2.75, 3.05) is 24.1 Å². The van der Waals surface area contributed by atoms with E-state index in [1.54, 1.807) is 36.4 Å². The molecule has 0 bridgehead atoms. The van der Waals surface area contributed by atoms with Gasteiger partial charge in [0, 0.05) is 18.7 Å². The maximum atomic E-state index is 14.1. The number of nitrogens with zero attached hydrogens (tertiary/aromatic N) is 2. The Bertz CT molecular complexity index is 1460. The highest BCUT2D eigenvalue weighted by atomic mass is 32.2. The van der Waals surface area contributed by atoms with Crippen molar-refractivity contribution in [3.05, 3.63) is 83.9 Å². The molecule has 0 saturated carbocycles. The highest BCUT2D eigenvalue weighted by Crippen LogP contribution is 2.36. The molecule has 0 radical (unpaired) electrons. The molecule has 1 N–H and O–H groups in total. The van der Waals surface area contributed by atoms with Crippen LogP contribution in [0.3, 0.4) is 0 Å². The molecule has 0 aliphatic carbocycles. The molecule has 1 atom stereocenters. The summed E-state index contributed by atoms with van der Waals surface area (Å²) in [7, 11) is -4.17. The van der Waals surface area contributed by atoms with Crippen LogP contribution in [0.5, 0.6) is 11.5 Å². The zero-order valence-electron chi connectivity index (χ0n) is 23.9. The van der Waals surface area contributed by atoms with E-state index in [2.05, 4.69) is 5.32 Å². The number of carbonyl (C=O) groups excluding carboxylic acids is 2. The zero-order valence-corrected chi connectivity index (χ0v) is 24.7. The van der Waals surface area contributed by atoms with Crippen molar-refractivity contribution >= 4 is 27.5 Å². The number of hydrogen-bond donors (Lipinski definition) is 1. The van der Waals surface area contributed by atoms with E-state index >= 15 is 0 Å². The summed E-state index contributed by atoms with van der Waals surface area (Å²) >= 11 is 0. The number of rotatable bonds is 11. The Kier molecular flexibility index (Phi) is 9.54. The van der Waals surface area contributed by atoms with E-state index in [1.807, 2.05) is 52.0 Å². The summed E-state index contributed by atoms with van der Waals surface area (Å²) in [6, 6.07) is 19.5. The fraction of sp³-hybridized carbons (Fsp3) is 0.355. The third-order valence-corrected chi connectivity index (χ3v) is 8.50. The first kappa shape index (κ1) is 29.9. The number of sulfonamides is 1. The quantitative estimate of drug-likeness (QED) is 0.363. The van der Waals surface area contributed by atoms with Crippen LogP contribution in [0.25, 0.3) is 0 Å². The van der Waals surface area contributed by atoms with Crippen LogP contribution in [0.2, 0.25) is 0 Å². The van der Waals surface area contributed by atoms with Crippen LogP contribution in [0.15, 0.2) is 77.7 Å². The minimum Gasteiger partial charge on any atom is -0.486 e. The van der Waals surface area contributed by atoms with Gasteiger partial charge in [-0.1, -0.05) is 55.0 Å². The normalized spacial score (nSPS) is 13.4. The van der Waals surface area contributed by atoms with Crippen LogP contribution >= 0.6 is 0 Å². The molecular formula is C31H37N3O6S.